The van der Waals surface area contributed by atoms with Crippen LogP contribution in [0.4, 0.5) is 5.82 Å². The lowest BCUT2D eigenvalue weighted by molar-refractivity contribution is -0.132. The number of H-pyrrole nitrogens is 1. The quantitative estimate of drug-likeness (QED) is 0.721. The summed E-state index contributed by atoms with van der Waals surface area (Å²) >= 11 is 0. The van der Waals surface area contributed by atoms with Crippen LogP contribution < -0.4 is 16.0 Å². The molecule has 1 aromatic heterocycles. The van der Waals surface area contributed by atoms with Crippen molar-refractivity contribution in [3.8, 4) is 0 Å². The van der Waals surface area contributed by atoms with E-state index in [0.29, 0.717) is 18.9 Å². The highest BCUT2D eigenvalue weighted by Gasteiger charge is 2.26. The highest BCUT2D eigenvalue weighted by molar-refractivity contribution is 5.76. The molecule has 0 aliphatic carbocycles. The van der Waals surface area contributed by atoms with Gasteiger partial charge in [0, 0.05) is 69.9 Å². The number of piperidine rings is 1. The molecule has 0 bridgehead atoms. The molecule has 0 radical (unpaired) electrons. The van der Waals surface area contributed by atoms with Gasteiger partial charge in [0.2, 0.25) is 5.91 Å². The lowest BCUT2D eigenvalue weighted by Crippen LogP contribution is -2.43. The number of piperazine rings is 1. The maximum Gasteiger partial charge on any atom is 0.223 e. The number of likely N-dealkylation sites (tertiary alicyclic amines) is 1. The maximum atomic E-state index is 12.0. The zero-order valence-corrected chi connectivity index (χ0v) is 13.1. The Balaban J connectivity index is 1.63. The van der Waals surface area contributed by atoms with Crippen molar-refractivity contribution in [3.05, 3.63) is 11.8 Å². The minimum absolute atomic E-state index is 0.175. The molecule has 1 atom stereocenters. The Kier molecular flexibility index (Phi) is 4.94. The van der Waals surface area contributed by atoms with Crippen LogP contribution in [0.3, 0.4) is 0 Å². The molecule has 1 aromatic rings. The number of nitrogens with two attached hydrogens (primary N) is 1. The van der Waals surface area contributed by atoms with Gasteiger partial charge in [0.25, 0.3) is 0 Å². The van der Waals surface area contributed by atoms with Crippen molar-refractivity contribution in [2.24, 2.45) is 5.73 Å². The van der Waals surface area contributed by atoms with E-state index in [4.69, 9.17) is 5.73 Å². The SMILES string of the molecule is NCCC(=O)N1CCCC(c2cc(N3CCNCC3)n[nH]2)C1. The first-order valence-electron chi connectivity index (χ1n) is 8.26. The fourth-order valence-electron chi connectivity index (χ4n) is 3.33. The number of carbonyl (C=O) groups excluding carboxylic acids is 1. The predicted molar refractivity (Wildman–Crippen MR) is 85.9 cm³/mol. The molecule has 0 spiro atoms. The van der Waals surface area contributed by atoms with E-state index in [0.717, 1.165) is 63.6 Å². The van der Waals surface area contributed by atoms with Crippen molar-refractivity contribution < 1.29 is 4.79 Å². The van der Waals surface area contributed by atoms with Gasteiger partial charge in [0.15, 0.2) is 5.82 Å². The average Bonchev–Trinajstić information content (AvgIpc) is 3.06. The van der Waals surface area contributed by atoms with E-state index < -0.39 is 0 Å². The number of aromatic amines is 1. The summed E-state index contributed by atoms with van der Waals surface area (Å²) in [5.74, 6) is 1.57. The largest absolute Gasteiger partial charge is 0.353 e. The Hall–Kier alpha value is -1.60. The van der Waals surface area contributed by atoms with E-state index in [1.807, 2.05) is 4.90 Å². The molecule has 2 fully saturated rings. The van der Waals surface area contributed by atoms with Crippen molar-refractivity contribution in [3.63, 3.8) is 0 Å². The Morgan fingerprint density at radius 2 is 2.18 bits per heavy atom. The third-order valence-electron chi connectivity index (χ3n) is 4.60. The summed E-state index contributed by atoms with van der Waals surface area (Å²) in [6.07, 6.45) is 2.60. The van der Waals surface area contributed by atoms with Crippen molar-refractivity contribution >= 4 is 11.7 Å². The lowest BCUT2D eigenvalue weighted by Gasteiger charge is -2.32. The molecule has 1 unspecified atom stereocenters. The first-order valence-corrected chi connectivity index (χ1v) is 8.26. The summed E-state index contributed by atoms with van der Waals surface area (Å²) in [7, 11) is 0. The van der Waals surface area contributed by atoms with Crippen molar-refractivity contribution in [2.75, 3.05) is 50.7 Å². The summed E-state index contributed by atoms with van der Waals surface area (Å²) in [5, 5.41) is 11.0. The number of nitrogens with zero attached hydrogens (tertiary/aromatic N) is 3. The van der Waals surface area contributed by atoms with E-state index in [9.17, 15) is 4.79 Å². The number of hydrogen-bond donors (Lipinski definition) is 3. The first kappa shape index (κ1) is 15.3. The van der Waals surface area contributed by atoms with Crippen LogP contribution >= 0.6 is 0 Å². The normalized spacial score (nSPS) is 22.9. The molecule has 0 saturated carbocycles. The van der Waals surface area contributed by atoms with Crippen LogP contribution in [-0.2, 0) is 4.79 Å². The minimum Gasteiger partial charge on any atom is -0.353 e. The average molecular weight is 306 g/mol. The van der Waals surface area contributed by atoms with Crippen LogP contribution in [-0.4, -0.2) is 66.8 Å². The summed E-state index contributed by atoms with van der Waals surface area (Å²) in [5.41, 5.74) is 6.65. The molecule has 3 rings (SSSR count). The third-order valence-corrected chi connectivity index (χ3v) is 4.60. The van der Waals surface area contributed by atoms with E-state index >= 15 is 0 Å². The van der Waals surface area contributed by atoms with Crippen LogP contribution in [0.25, 0.3) is 0 Å². The molecule has 122 valence electrons. The molecule has 1 amide bonds. The number of nitrogens with one attached hydrogen (secondary N) is 2. The van der Waals surface area contributed by atoms with Gasteiger partial charge in [-0.25, -0.2) is 0 Å². The van der Waals surface area contributed by atoms with E-state index in [-0.39, 0.29) is 5.91 Å². The maximum absolute atomic E-state index is 12.0. The van der Waals surface area contributed by atoms with Gasteiger partial charge in [-0.2, -0.15) is 5.10 Å². The second kappa shape index (κ2) is 7.11. The predicted octanol–water partition coefficient (Wildman–Crippen LogP) is -0.126. The van der Waals surface area contributed by atoms with Gasteiger partial charge < -0.3 is 20.9 Å². The molecule has 4 N–H and O–H groups in total. The monoisotopic (exact) mass is 306 g/mol. The van der Waals surface area contributed by atoms with Crippen LogP contribution in [0, 0.1) is 0 Å². The molecule has 3 heterocycles. The summed E-state index contributed by atoms with van der Waals surface area (Å²) in [6, 6.07) is 2.16. The molecule has 7 nitrogen and oxygen atoms in total. The molecular formula is C15H26N6O. The fraction of sp³-hybridized carbons (Fsp3) is 0.733. The number of carbonyl (C=O) groups is 1. The first-order chi connectivity index (χ1) is 10.8. The topological polar surface area (TPSA) is 90.3 Å². The van der Waals surface area contributed by atoms with Crippen LogP contribution in [0.1, 0.15) is 30.9 Å². The number of rotatable bonds is 4. The van der Waals surface area contributed by atoms with Gasteiger partial charge in [-0.05, 0) is 12.8 Å². The van der Waals surface area contributed by atoms with Gasteiger partial charge >= 0.3 is 0 Å². The fourth-order valence-corrected chi connectivity index (χ4v) is 3.33. The van der Waals surface area contributed by atoms with Crippen LogP contribution in [0.15, 0.2) is 6.07 Å². The molecule has 22 heavy (non-hydrogen) atoms. The highest BCUT2D eigenvalue weighted by atomic mass is 16.2. The van der Waals surface area contributed by atoms with E-state index in [1.165, 1.54) is 0 Å². The van der Waals surface area contributed by atoms with Gasteiger partial charge in [-0.1, -0.05) is 0 Å². The molecule has 2 aliphatic heterocycles. The Labute approximate surface area is 131 Å². The van der Waals surface area contributed by atoms with Crippen LogP contribution in [0.2, 0.25) is 0 Å². The second-order valence-electron chi connectivity index (χ2n) is 6.14. The third kappa shape index (κ3) is 3.41. The van der Waals surface area contributed by atoms with Crippen LogP contribution in [0.5, 0.6) is 0 Å². The summed E-state index contributed by atoms with van der Waals surface area (Å²) < 4.78 is 0. The summed E-state index contributed by atoms with van der Waals surface area (Å²) in [4.78, 5) is 16.3. The standard InChI is InChI=1S/C15H26N6O/c16-4-3-15(22)21-7-1-2-12(11-21)13-10-14(19-18-13)20-8-5-17-6-9-20/h10,12,17H,1-9,11,16H2,(H,18,19). The smallest absolute Gasteiger partial charge is 0.223 e. The molecule has 7 heteroatoms. The van der Waals surface area contributed by atoms with Gasteiger partial charge in [0.05, 0.1) is 0 Å². The number of anilines is 1. The summed E-state index contributed by atoms with van der Waals surface area (Å²) in [6.45, 7) is 6.07. The minimum atomic E-state index is 0.175. The van der Waals surface area contributed by atoms with Gasteiger partial charge in [0.1, 0.15) is 0 Å². The molecule has 0 aromatic carbocycles. The van der Waals surface area contributed by atoms with Gasteiger partial charge in [-0.15, -0.1) is 0 Å². The Morgan fingerprint density at radius 3 is 2.95 bits per heavy atom. The van der Waals surface area contributed by atoms with Crippen molar-refractivity contribution in [2.45, 2.75) is 25.2 Å². The zero-order valence-electron chi connectivity index (χ0n) is 13.1. The molecular weight excluding hydrogens is 280 g/mol. The lowest BCUT2D eigenvalue weighted by atomic mass is 9.94. The Morgan fingerprint density at radius 1 is 1.36 bits per heavy atom. The Bertz CT molecular complexity index is 496. The van der Waals surface area contributed by atoms with E-state index in [2.05, 4.69) is 26.5 Å². The zero-order chi connectivity index (χ0) is 15.4. The van der Waals surface area contributed by atoms with Gasteiger partial charge in [-0.3, -0.25) is 9.89 Å². The van der Waals surface area contributed by atoms with Crippen molar-refractivity contribution in [1.82, 2.24) is 20.4 Å². The highest BCUT2D eigenvalue weighted by Crippen LogP contribution is 2.28. The van der Waals surface area contributed by atoms with Crippen molar-refractivity contribution in [1.29, 1.82) is 0 Å². The number of hydrogen-bond acceptors (Lipinski definition) is 5. The number of aromatic nitrogens is 2. The number of amides is 1. The molecule has 2 aliphatic rings. The molecule has 2 saturated heterocycles. The second-order valence-corrected chi connectivity index (χ2v) is 6.14. The van der Waals surface area contributed by atoms with E-state index in [1.54, 1.807) is 0 Å².